The quantitative estimate of drug-likeness (QED) is 0.467. The Labute approximate surface area is 204 Å². The van der Waals surface area contributed by atoms with Gasteiger partial charge in [0.15, 0.2) is 0 Å². The summed E-state index contributed by atoms with van der Waals surface area (Å²) in [6, 6.07) is 21.1. The van der Waals surface area contributed by atoms with Crippen LogP contribution in [0, 0.1) is 0 Å². The van der Waals surface area contributed by atoms with Gasteiger partial charge in [0, 0.05) is 6.54 Å². The van der Waals surface area contributed by atoms with Crippen LogP contribution in [0.25, 0.3) is 0 Å². The predicted octanol–water partition coefficient (Wildman–Crippen LogP) is 4.01. The van der Waals surface area contributed by atoms with Gasteiger partial charge in [0.2, 0.25) is 15.9 Å². The van der Waals surface area contributed by atoms with Crippen molar-refractivity contribution in [2.75, 3.05) is 38.3 Å². The fraction of sp³-hybridized carbons (Fsp3) is 0.240. The van der Waals surface area contributed by atoms with Crippen LogP contribution < -0.4 is 14.4 Å². The molecule has 178 valence electrons. The second-order valence-electron chi connectivity index (χ2n) is 7.73. The summed E-state index contributed by atoms with van der Waals surface area (Å²) in [4.78, 5) is 14.9. The van der Waals surface area contributed by atoms with Crippen LogP contribution in [0.3, 0.4) is 0 Å². The molecule has 0 bridgehead atoms. The van der Waals surface area contributed by atoms with Crippen molar-refractivity contribution in [3.63, 3.8) is 0 Å². The number of nitrogens with zero attached hydrogens (tertiary/aromatic N) is 2. The Hall–Kier alpha value is -3.07. The molecule has 0 fully saturated rings. The Morgan fingerprint density at radius 2 is 1.82 bits per heavy atom. The van der Waals surface area contributed by atoms with Gasteiger partial charge in [-0.1, -0.05) is 54.1 Å². The number of amides is 1. The van der Waals surface area contributed by atoms with Crippen molar-refractivity contribution in [2.45, 2.75) is 11.3 Å². The highest BCUT2D eigenvalue weighted by molar-refractivity contribution is 7.89. The summed E-state index contributed by atoms with van der Waals surface area (Å²) in [5.41, 5.74) is 1.60. The molecule has 0 saturated carbocycles. The zero-order valence-electron chi connectivity index (χ0n) is 18.7. The molecule has 34 heavy (non-hydrogen) atoms. The molecular formula is C25H25ClN2O5S. The Morgan fingerprint density at radius 3 is 2.56 bits per heavy atom. The summed E-state index contributed by atoms with van der Waals surface area (Å²) >= 11 is 6.20. The summed E-state index contributed by atoms with van der Waals surface area (Å²) in [5.74, 6) is 0.646. The molecule has 3 aromatic carbocycles. The number of halogens is 1. The number of para-hydroxylation sites is 2. The molecule has 1 aliphatic heterocycles. The first-order valence-electron chi connectivity index (χ1n) is 10.8. The van der Waals surface area contributed by atoms with Crippen LogP contribution in [0.15, 0.2) is 77.7 Å². The maximum atomic E-state index is 13.6. The Bertz CT molecular complexity index is 1270. The number of hydrogen-bond acceptors (Lipinski definition) is 5. The van der Waals surface area contributed by atoms with E-state index in [0.717, 1.165) is 5.56 Å². The van der Waals surface area contributed by atoms with E-state index in [2.05, 4.69) is 0 Å². The third-order valence-electron chi connectivity index (χ3n) is 5.59. The smallest absolute Gasteiger partial charge is 0.243 e. The zero-order valence-corrected chi connectivity index (χ0v) is 20.3. The molecule has 0 unspecified atom stereocenters. The Kier molecular flexibility index (Phi) is 7.41. The van der Waals surface area contributed by atoms with E-state index in [-0.39, 0.29) is 28.9 Å². The lowest BCUT2D eigenvalue weighted by atomic mass is 10.1. The van der Waals surface area contributed by atoms with Gasteiger partial charge in [0.1, 0.15) is 18.1 Å². The first-order valence-corrected chi connectivity index (χ1v) is 12.6. The van der Waals surface area contributed by atoms with Crippen molar-refractivity contribution in [1.82, 2.24) is 4.31 Å². The SMILES string of the molecule is COc1ccc(S(=O)(=O)N(CCc2ccccc2)CC(=O)N2CCOc3ccccc32)cc1Cl. The van der Waals surface area contributed by atoms with Crippen molar-refractivity contribution in [3.05, 3.63) is 83.4 Å². The van der Waals surface area contributed by atoms with Crippen molar-refractivity contribution < 1.29 is 22.7 Å². The number of hydrogen-bond donors (Lipinski definition) is 0. The number of ether oxygens (including phenoxy) is 2. The predicted molar refractivity (Wildman–Crippen MR) is 131 cm³/mol. The highest BCUT2D eigenvalue weighted by Gasteiger charge is 2.31. The summed E-state index contributed by atoms with van der Waals surface area (Å²) in [6.45, 7) is 0.505. The van der Waals surface area contributed by atoms with E-state index in [1.165, 1.54) is 29.6 Å². The molecule has 0 spiro atoms. The average Bonchev–Trinajstić information content (AvgIpc) is 2.86. The molecule has 3 aromatic rings. The van der Waals surface area contributed by atoms with Gasteiger partial charge in [0.05, 0.1) is 35.8 Å². The van der Waals surface area contributed by atoms with Crippen LogP contribution in [0.1, 0.15) is 5.56 Å². The topological polar surface area (TPSA) is 76.2 Å². The first kappa shape index (κ1) is 24.1. The molecule has 1 amide bonds. The number of anilines is 1. The van der Waals surface area contributed by atoms with Crippen molar-refractivity contribution in [1.29, 1.82) is 0 Å². The van der Waals surface area contributed by atoms with Gasteiger partial charge in [0.25, 0.3) is 0 Å². The number of methoxy groups -OCH3 is 1. The van der Waals surface area contributed by atoms with Gasteiger partial charge in [-0.3, -0.25) is 4.79 Å². The van der Waals surface area contributed by atoms with Crippen molar-refractivity contribution in [3.8, 4) is 11.5 Å². The fourth-order valence-electron chi connectivity index (χ4n) is 3.80. The molecule has 0 N–H and O–H groups in total. The third-order valence-corrected chi connectivity index (χ3v) is 7.73. The summed E-state index contributed by atoms with van der Waals surface area (Å²) < 4.78 is 39.2. The van der Waals surface area contributed by atoms with Crippen LogP contribution in [0.4, 0.5) is 5.69 Å². The fourth-order valence-corrected chi connectivity index (χ4v) is 5.54. The van der Waals surface area contributed by atoms with E-state index < -0.39 is 10.0 Å². The monoisotopic (exact) mass is 500 g/mol. The zero-order chi connectivity index (χ0) is 24.1. The molecule has 9 heteroatoms. The maximum absolute atomic E-state index is 13.6. The van der Waals surface area contributed by atoms with Crippen LogP contribution >= 0.6 is 11.6 Å². The van der Waals surface area contributed by atoms with Crippen LogP contribution in [0.2, 0.25) is 5.02 Å². The van der Waals surface area contributed by atoms with E-state index in [9.17, 15) is 13.2 Å². The van der Waals surface area contributed by atoms with Crippen LogP contribution in [-0.2, 0) is 21.2 Å². The molecule has 0 aliphatic carbocycles. The standard InChI is InChI=1S/C25H25ClN2O5S/c1-32-23-12-11-20(17-21(23)26)34(30,31)27(14-13-19-7-3-2-4-8-19)18-25(29)28-15-16-33-24-10-6-5-9-22(24)28/h2-12,17H,13-16,18H2,1H3. The Morgan fingerprint density at radius 1 is 1.09 bits per heavy atom. The van der Waals surface area contributed by atoms with E-state index >= 15 is 0 Å². The number of fused-ring (bicyclic) bond motifs is 1. The van der Waals surface area contributed by atoms with E-state index in [1.807, 2.05) is 42.5 Å². The second-order valence-corrected chi connectivity index (χ2v) is 10.1. The van der Waals surface area contributed by atoms with Crippen LogP contribution in [-0.4, -0.2) is 52.0 Å². The summed E-state index contributed by atoms with van der Waals surface area (Å²) in [7, 11) is -2.56. The minimum atomic E-state index is -4.02. The van der Waals surface area contributed by atoms with Crippen molar-refractivity contribution >= 4 is 33.2 Å². The Balaban J connectivity index is 1.63. The highest BCUT2D eigenvalue weighted by atomic mass is 35.5. The summed E-state index contributed by atoms with van der Waals surface area (Å²) in [5, 5.41) is 0.181. The van der Waals surface area contributed by atoms with Gasteiger partial charge in [-0.15, -0.1) is 0 Å². The van der Waals surface area contributed by atoms with Gasteiger partial charge < -0.3 is 14.4 Å². The number of carbonyl (C=O) groups excluding carboxylic acids is 1. The molecule has 0 atom stereocenters. The van der Waals surface area contributed by atoms with E-state index in [4.69, 9.17) is 21.1 Å². The van der Waals surface area contributed by atoms with Gasteiger partial charge >= 0.3 is 0 Å². The molecule has 7 nitrogen and oxygen atoms in total. The number of benzene rings is 3. The first-order chi connectivity index (χ1) is 16.4. The van der Waals surface area contributed by atoms with Crippen LogP contribution in [0.5, 0.6) is 11.5 Å². The van der Waals surface area contributed by atoms with E-state index in [0.29, 0.717) is 36.8 Å². The third kappa shape index (κ3) is 5.19. The number of carbonyl (C=O) groups is 1. The van der Waals surface area contributed by atoms with Crippen molar-refractivity contribution in [2.24, 2.45) is 0 Å². The molecule has 4 rings (SSSR count). The molecular weight excluding hydrogens is 476 g/mol. The molecule has 1 aliphatic rings. The lowest BCUT2D eigenvalue weighted by Crippen LogP contribution is -2.46. The lowest BCUT2D eigenvalue weighted by Gasteiger charge is -2.31. The summed E-state index contributed by atoms with van der Waals surface area (Å²) in [6.07, 6.45) is 0.455. The second kappa shape index (κ2) is 10.5. The average molecular weight is 501 g/mol. The normalized spacial score (nSPS) is 13.3. The lowest BCUT2D eigenvalue weighted by molar-refractivity contribution is -0.119. The minimum Gasteiger partial charge on any atom is -0.495 e. The minimum absolute atomic E-state index is 0.00143. The molecule has 0 saturated heterocycles. The molecule has 0 aromatic heterocycles. The van der Waals surface area contributed by atoms with Gasteiger partial charge in [-0.2, -0.15) is 4.31 Å². The molecule has 0 radical (unpaired) electrons. The van der Waals surface area contributed by atoms with Gasteiger partial charge in [-0.25, -0.2) is 8.42 Å². The van der Waals surface area contributed by atoms with Gasteiger partial charge in [-0.05, 0) is 42.3 Å². The number of rotatable bonds is 8. The molecule has 1 heterocycles. The number of sulfonamides is 1. The largest absolute Gasteiger partial charge is 0.495 e. The highest BCUT2D eigenvalue weighted by Crippen LogP contribution is 2.32. The maximum Gasteiger partial charge on any atom is 0.243 e. The van der Waals surface area contributed by atoms with E-state index in [1.54, 1.807) is 17.0 Å².